The van der Waals surface area contributed by atoms with Gasteiger partial charge in [0, 0.05) is 29.8 Å². The van der Waals surface area contributed by atoms with Crippen molar-refractivity contribution in [3.8, 4) is 11.3 Å². The van der Waals surface area contributed by atoms with Gasteiger partial charge in [-0.15, -0.1) is 11.3 Å². The minimum atomic E-state index is -0.513. The Morgan fingerprint density at radius 3 is 2.83 bits per heavy atom. The standard InChI is InChI=1S/C20H20N4O5S/c1-3-28-20(27)15-8-21-24(9-15)10-19-23-17(12-30-19)14-5-4-6-16(7-14)22-18(26)11-29-13(2)25/h4-9,12H,3,10-11H2,1-2H3,(H,22,26). The average molecular weight is 428 g/mol. The van der Waals surface area contributed by atoms with Crippen LogP contribution in [-0.2, 0) is 25.6 Å². The lowest BCUT2D eigenvalue weighted by Gasteiger charge is -2.06. The summed E-state index contributed by atoms with van der Waals surface area (Å²) >= 11 is 1.47. The number of nitrogens with one attached hydrogen (secondary N) is 1. The highest BCUT2D eigenvalue weighted by molar-refractivity contribution is 7.09. The van der Waals surface area contributed by atoms with E-state index >= 15 is 0 Å². The molecule has 1 N–H and O–H groups in total. The van der Waals surface area contributed by atoms with Crippen molar-refractivity contribution >= 4 is 34.9 Å². The summed E-state index contributed by atoms with van der Waals surface area (Å²) < 4.78 is 11.3. The minimum absolute atomic E-state index is 0.309. The number of hydrogen-bond donors (Lipinski definition) is 1. The maximum Gasteiger partial charge on any atom is 0.341 e. The van der Waals surface area contributed by atoms with Crippen molar-refractivity contribution in [2.24, 2.45) is 0 Å². The normalized spacial score (nSPS) is 10.5. The van der Waals surface area contributed by atoms with E-state index in [1.54, 1.807) is 36.0 Å². The maximum absolute atomic E-state index is 11.8. The number of carbonyl (C=O) groups excluding carboxylic acids is 3. The molecule has 3 rings (SSSR count). The van der Waals surface area contributed by atoms with Crippen LogP contribution in [0.5, 0.6) is 0 Å². The summed E-state index contributed by atoms with van der Waals surface area (Å²) in [5, 5.41) is 9.57. The molecule has 2 heterocycles. The second-order valence-corrected chi connectivity index (χ2v) is 7.13. The van der Waals surface area contributed by atoms with Crippen molar-refractivity contribution in [3.63, 3.8) is 0 Å². The number of hydrogen-bond acceptors (Lipinski definition) is 8. The number of amides is 1. The first-order valence-corrected chi connectivity index (χ1v) is 10.00. The van der Waals surface area contributed by atoms with E-state index in [1.165, 1.54) is 24.5 Å². The van der Waals surface area contributed by atoms with E-state index in [0.29, 0.717) is 24.4 Å². The van der Waals surface area contributed by atoms with Gasteiger partial charge in [-0.25, -0.2) is 9.78 Å². The van der Waals surface area contributed by atoms with Crippen molar-refractivity contribution in [1.29, 1.82) is 0 Å². The van der Waals surface area contributed by atoms with Crippen LogP contribution in [0.15, 0.2) is 42.0 Å². The fourth-order valence-corrected chi connectivity index (χ4v) is 3.34. The van der Waals surface area contributed by atoms with Gasteiger partial charge in [0.15, 0.2) is 6.61 Å². The third-order valence-corrected chi connectivity index (χ3v) is 4.68. The largest absolute Gasteiger partial charge is 0.462 e. The van der Waals surface area contributed by atoms with Gasteiger partial charge in [-0.05, 0) is 19.1 Å². The van der Waals surface area contributed by atoms with Gasteiger partial charge < -0.3 is 14.8 Å². The van der Waals surface area contributed by atoms with Crippen LogP contribution < -0.4 is 5.32 Å². The summed E-state index contributed by atoms with van der Waals surface area (Å²) in [4.78, 5) is 39.0. The molecule has 0 unspecified atom stereocenters. The smallest absolute Gasteiger partial charge is 0.341 e. The van der Waals surface area contributed by atoms with E-state index in [1.807, 2.05) is 11.4 Å². The first-order chi connectivity index (χ1) is 14.4. The van der Waals surface area contributed by atoms with Crippen molar-refractivity contribution in [3.05, 3.63) is 52.6 Å². The average Bonchev–Trinajstić information content (AvgIpc) is 3.37. The molecule has 0 fully saturated rings. The molecule has 1 aromatic carbocycles. The lowest BCUT2D eigenvalue weighted by molar-refractivity contribution is -0.144. The summed E-state index contributed by atoms with van der Waals surface area (Å²) in [6, 6.07) is 7.21. The zero-order chi connectivity index (χ0) is 21.5. The van der Waals surface area contributed by atoms with Crippen LogP contribution in [0.1, 0.15) is 29.2 Å². The molecule has 156 valence electrons. The Balaban J connectivity index is 1.65. The number of anilines is 1. The molecule has 0 saturated heterocycles. The number of esters is 2. The van der Waals surface area contributed by atoms with Gasteiger partial charge in [0.1, 0.15) is 5.01 Å². The Kier molecular flexibility index (Phi) is 6.91. The molecule has 9 nitrogen and oxygen atoms in total. The van der Waals surface area contributed by atoms with Gasteiger partial charge in [-0.2, -0.15) is 5.10 Å². The third-order valence-electron chi connectivity index (χ3n) is 3.84. The maximum atomic E-state index is 11.8. The van der Waals surface area contributed by atoms with Gasteiger partial charge in [-0.3, -0.25) is 14.3 Å². The molecule has 0 saturated carbocycles. The van der Waals surface area contributed by atoms with Gasteiger partial charge in [-0.1, -0.05) is 12.1 Å². The monoisotopic (exact) mass is 428 g/mol. The SMILES string of the molecule is CCOC(=O)c1cnn(Cc2nc(-c3cccc(NC(=O)COC(C)=O)c3)cs2)c1. The summed E-state index contributed by atoms with van der Waals surface area (Å²) in [6.45, 7) is 3.39. The predicted octanol–water partition coefficient (Wildman–Crippen LogP) is 2.73. The first-order valence-electron chi connectivity index (χ1n) is 9.12. The van der Waals surface area contributed by atoms with Crippen molar-refractivity contribution in [2.45, 2.75) is 20.4 Å². The molecule has 0 atom stereocenters. The summed E-state index contributed by atoms with van der Waals surface area (Å²) in [6.07, 6.45) is 3.09. The summed E-state index contributed by atoms with van der Waals surface area (Å²) in [7, 11) is 0. The van der Waals surface area contributed by atoms with Crippen LogP contribution in [0.2, 0.25) is 0 Å². The Hall–Kier alpha value is -3.53. The van der Waals surface area contributed by atoms with Crippen molar-refractivity contribution < 1.29 is 23.9 Å². The molecule has 2 aromatic heterocycles. The molecule has 1 amide bonds. The molecule has 0 radical (unpaired) electrons. The van der Waals surface area contributed by atoms with Crippen LogP contribution in [0.25, 0.3) is 11.3 Å². The van der Waals surface area contributed by atoms with Crippen LogP contribution >= 0.6 is 11.3 Å². The van der Waals surface area contributed by atoms with Crippen LogP contribution in [0.4, 0.5) is 5.69 Å². The number of rotatable bonds is 8. The second kappa shape index (κ2) is 9.79. The van der Waals surface area contributed by atoms with E-state index in [9.17, 15) is 14.4 Å². The predicted molar refractivity (Wildman–Crippen MR) is 110 cm³/mol. The number of ether oxygens (including phenoxy) is 2. The summed E-state index contributed by atoms with van der Waals surface area (Å²) in [5.41, 5.74) is 2.55. The fourth-order valence-electron chi connectivity index (χ4n) is 2.55. The Morgan fingerprint density at radius 2 is 2.07 bits per heavy atom. The van der Waals surface area contributed by atoms with E-state index in [2.05, 4.69) is 20.1 Å². The van der Waals surface area contributed by atoms with E-state index in [-0.39, 0.29) is 6.61 Å². The van der Waals surface area contributed by atoms with Gasteiger partial charge in [0.05, 0.1) is 30.6 Å². The highest BCUT2D eigenvalue weighted by Crippen LogP contribution is 2.25. The summed E-state index contributed by atoms with van der Waals surface area (Å²) in [5.74, 6) is -1.34. The Bertz CT molecular complexity index is 1060. The van der Waals surface area contributed by atoms with Gasteiger partial charge in [0.25, 0.3) is 5.91 Å². The van der Waals surface area contributed by atoms with E-state index in [0.717, 1.165) is 16.3 Å². The zero-order valence-electron chi connectivity index (χ0n) is 16.5. The molecular weight excluding hydrogens is 408 g/mol. The topological polar surface area (TPSA) is 112 Å². The second-order valence-electron chi connectivity index (χ2n) is 6.18. The lowest BCUT2D eigenvalue weighted by Crippen LogP contribution is -2.19. The van der Waals surface area contributed by atoms with Crippen LogP contribution in [0, 0.1) is 0 Å². The number of carbonyl (C=O) groups is 3. The quantitative estimate of drug-likeness (QED) is 0.549. The van der Waals surface area contributed by atoms with E-state index in [4.69, 9.17) is 4.74 Å². The zero-order valence-corrected chi connectivity index (χ0v) is 17.3. The van der Waals surface area contributed by atoms with Gasteiger partial charge in [0.2, 0.25) is 0 Å². The lowest BCUT2D eigenvalue weighted by atomic mass is 10.1. The molecule has 10 heteroatoms. The molecule has 3 aromatic rings. The molecule has 0 aliphatic carbocycles. The first kappa shape index (κ1) is 21.2. The number of thiazole rings is 1. The molecule has 30 heavy (non-hydrogen) atoms. The van der Waals surface area contributed by atoms with Crippen molar-refractivity contribution in [2.75, 3.05) is 18.5 Å². The number of aromatic nitrogens is 3. The van der Waals surface area contributed by atoms with Crippen LogP contribution in [-0.4, -0.2) is 45.8 Å². The third kappa shape index (κ3) is 5.74. The minimum Gasteiger partial charge on any atom is -0.462 e. The molecule has 0 bridgehead atoms. The van der Waals surface area contributed by atoms with Crippen molar-refractivity contribution in [1.82, 2.24) is 14.8 Å². The Labute approximate surface area is 176 Å². The number of benzene rings is 1. The molecular formula is C20H20N4O5S. The molecule has 0 aliphatic heterocycles. The van der Waals surface area contributed by atoms with Gasteiger partial charge >= 0.3 is 11.9 Å². The van der Waals surface area contributed by atoms with Crippen LogP contribution in [0.3, 0.4) is 0 Å². The molecule has 0 aliphatic rings. The Morgan fingerprint density at radius 1 is 1.23 bits per heavy atom. The fraction of sp³-hybridized carbons (Fsp3) is 0.250. The highest BCUT2D eigenvalue weighted by Gasteiger charge is 2.12. The molecule has 0 spiro atoms. The highest BCUT2D eigenvalue weighted by atomic mass is 32.1. The number of nitrogens with zero attached hydrogens (tertiary/aromatic N) is 3. The van der Waals surface area contributed by atoms with E-state index < -0.39 is 17.8 Å².